The lowest BCUT2D eigenvalue weighted by Crippen LogP contribution is -2.65. The van der Waals surface area contributed by atoms with E-state index in [4.69, 9.17) is 21.1 Å². The molecule has 0 aromatic rings. The molecule has 1 saturated heterocycles. The number of carbonyl (C=O) groups is 4. The summed E-state index contributed by atoms with van der Waals surface area (Å²) in [4.78, 5) is 44.0. The van der Waals surface area contributed by atoms with E-state index < -0.39 is 48.2 Å². The zero-order valence-corrected chi connectivity index (χ0v) is 8.73. The first kappa shape index (κ1) is 13.9. The van der Waals surface area contributed by atoms with Gasteiger partial charge in [-0.3, -0.25) is 10.5 Å². The van der Waals surface area contributed by atoms with Crippen molar-refractivity contribution in [3.63, 3.8) is 0 Å². The topological polar surface area (TPSA) is 173 Å². The molecule has 1 fully saturated rings. The first-order chi connectivity index (χ1) is 8.18. The van der Waals surface area contributed by atoms with Gasteiger partial charge in [0.1, 0.15) is 0 Å². The van der Waals surface area contributed by atoms with Gasteiger partial charge in [0.2, 0.25) is 0 Å². The van der Waals surface area contributed by atoms with E-state index in [1.54, 1.807) is 0 Å². The van der Waals surface area contributed by atoms with Gasteiger partial charge >= 0.3 is 29.6 Å². The van der Waals surface area contributed by atoms with E-state index >= 15 is 0 Å². The fourth-order valence-electron chi connectivity index (χ4n) is 1.20. The lowest BCUT2D eigenvalue weighted by Gasteiger charge is -2.32. The van der Waals surface area contributed by atoms with Gasteiger partial charge < -0.3 is 24.8 Å². The molecular weight excluding hydrogens is 254 g/mol. The summed E-state index contributed by atoms with van der Waals surface area (Å²) < 4.78 is 8.47. The van der Waals surface area contributed by atoms with Gasteiger partial charge in [0.05, 0.1) is 6.42 Å². The molecule has 0 aliphatic carbocycles. The first-order valence-corrected chi connectivity index (χ1v) is 4.54. The SMILES string of the molecule is NC1(C(=O)O)OC(=O)CC(O)C(=O)OC1C(=O)O. The minimum absolute atomic E-state index is 0.891. The molecule has 10 nitrogen and oxygen atoms in total. The number of nitrogens with two attached hydrogens (primary N) is 1. The van der Waals surface area contributed by atoms with Gasteiger partial charge in [-0.15, -0.1) is 0 Å². The molecule has 0 radical (unpaired) electrons. The van der Waals surface area contributed by atoms with Crippen molar-refractivity contribution in [2.75, 3.05) is 0 Å². The van der Waals surface area contributed by atoms with Crippen molar-refractivity contribution in [3.8, 4) is 0 Å². The number of aliphatic hydroxyl groups is 1. The van der Waals surface area contributed by atoms with Crippen molar-refractivity contribution >= 4 is 23.9 Å². The van der Waals surface area contributed by atoms with Crippen molar-refractivity contribution in [3.05, 3.63) is 0 Å². The van der Waals surface area contributed by atoms with Crippen molar-refractivity contribution in [2.24, 2.45) is 5.73 Å². The highest BCUT2D eigenvalue weighted by Gasteiger charge is 2.55. The number of hydrogen-bond acceptors (Lipinski definition) is 8. The Hall–Kier alpha value is -2.20. The summed E-state index contributed by atoms with van der Waals surface area (Å²) in [5.74, 6) is -6.76. The van der Waals surface area contributed by atoms with Crippen LogP contribution in [-0.2, 0) is 28.7 Å². The molecule has 0 aromatic carbocycles. The lowest BCUT2D eigenvalue weighted by molar-refractivity contribution is -0.214. The van der Waals surface area contributed by atoms with E-state index in [0.717, 1.165) is 0 Å². The summed E-state index contributed by atoms with van der Waals surface area (Å²) in [5.41, 5.74) is 2.08. The maximum Gasteiger partial charge on any atom is 0.368 e. The number of aliphatic hydroxyl groups excluding tert-OH is 1. The number of cyclic esters (lactones) is 2. The minimum atomic E-state index is -3.06. The van der Waals surface area contributed by atoms with Crippen LogP contribution in [0.5, 0.6) is 0 Å². The van der Waals surface area contributed by atoms with E-state index in [1.165, 1.54) is 0 Å². The summed E-state index contributed by atoms with van der Waals surface area (Å²) in [7, 11) is 0. The second-order valence-corrected chi connectivity index (χ2v) is 3.45. The van der Waals surface area contributed by atoms with Crippen LogP contribution in [0, 0.1) is 0 Å². The van der Waals surface area contributed by atoms with E-state index in [2.05, 4.69) is 9.47 Å². The number of aliphatic carboxylic acids is 2. The molecule has 1 aliphatic rings. The molecule has 3 atom stereocenters. The van der Waals surface area contributed by atoms with Gasteiger partial charge in [-0.05, 0) is 0 Å². The fourth-order valence-corrected chi connectivity index (χ4v) is 1.20. The number of carbonyl (C=O) groups excluding carboxylic acids is 2. The summed E-state index contributed by atoms with van der Waals surface area (Å²) >= 11 is 0. The Morgan fingerprint density at radius 2 is 1.89 bits per heavy atom. The molecule has 18 heavy (non-hydrogen) atoms. The van der Waals surface area contributed by atoms with Crippen LogP contribution in [-0.4, -0.2) is 57.1 Å². The maximum atomic E-state index is 11.2. The van der Waals surface area contributed by atoms with Crippen molar-refractivity contribution < 1.29 is 44.0 Å². The van der Waals surface area contributed by atoms with Gasteiger partial charge in [0.25, 0.3) is 6.10 Å². The van der Waals surface area contributed by atoms with Crippen molar-refractivity contribution in [2.45, 2.75) is 24.4 Å². The number of hydrogen-bond donors (Lipinski definition) is 4. The Kier molecular flexibility index (Phi) is 3.53. The lowest BCUT2D eigenvalue weighted by atomic mass is 10.1. The summed E-state index contributed by atoms with van der Waals surface area (Å²) in [6.07, 6.45) is -5.31. The third kappa shape index (κ3) is 2.38. The van der Waals surface area contributed by atoms with Crippen molar-refractivity contribution in [1.29, 1.82) is 0 Å². The van der Waals surface area contributed by atoms with Crippen LogP contribution < -0.4 is 5.73 Å². The average molecular weight is 263 g/mol. The van der Waals surface area contributed by atoms with E-state index in [1.807, 2.05) is 0 Å². The monoisotopic (exact) mass is 263 g/mol. The third-order valence-electron chi connectivity index (χ3n) is 2.10. The summed E-state index contributed by atoms with van der Waals surface area (Å²) in [6, 6.07) is 0. The first-order valence-electron chi connectivity index (χ1n) is 4.54. The predicted octanol–water partition coefficient (Wildman–Crippen LogP) is -2.97. The molecule has 10 heteroatoms. The van der Waals surface area contributed by atoms with Crippen LogP contribution in [0.2, 0.25) is 0 Å². The van der Waals surface area contributed by atoms with Gasteiger partial charge in [-0.2, -0.15) is 0 Å². The Bertz CT molecular complexity index is 419. The van der Waals surface area contributed by atoms with E-state index in [-0.39, 0.29) is 0 Å². The Morgan fingerprint density at radius 1 is 1.33 bits per heavy atom. The second kappa shape index (κ2) is 4.58. The molecule has 3 unspecified atom stereocenters. The molecule has 1 heterocycles. The molecule has 100 valence electrons. The molecule has 1 rings (SSSR count). The zero-order valence-electron chi connectivity index (χ0n) is 8.73. The highest BCUT2D eigenvalue weighted by Crippen LogP contribution is 2.20. The molecular formula is C8H9NO9. The molecule has 5 N–H and O–H groups in total. The number of rotatable bonds is 2. The Labute approximate surface area is 98.9 Å². The number of carboxylic acid groups (broad SMARTS) is 2. The van der Waals surface area contributed by atoms with Crippen LogP contribution in [0.3, 0.4) is 0 Å². The fraction of sp³-hybridized carbons (Fsp3) is 0.500. The molecule has 0 aromatic heterocycles. The summed E-state index contributed by atoms with van der Waals surface area (Å²) in [5, 5.41) is 26.6. The number of carboxylic acids is 2. The van der Waals surface area contributed by atoms with Crippen molar-refractivity contribution in [1.82, 2.24) is 0 Å². The highest BCUT2D eigenvalue weighted by atomic mass is 16.6. The number of esters is 2. The normalized spacial score (nSPS) is 32.8. The zero-order chi connectivity index (χ0) is 14.1. The van der Waals surface area contributed by atoms with Gasteiger partial charge in [0.15, 0.2) is 6.10 Å². The summed E-state index contributed by atoms with van der Waals surface area (Å²) in [6.45, 7) is 0. The second-order valence-electron chi connectivity index (χ2n) is 3.45. The maximum absolute atomic E-state index is 11.2. The molecule has 1 aliphatic heterocycles. The van der Waals surface area contributed by atoms with Crippen LogP contribution >= 0.6 is 0 Å². The van der Waals surface area contributed by atoms with Gasteiger partial charge in [-0.25, -0.2) is 14.4 Å². The van der Waals surface area contributed by atoms with E-state index in [0.29, 0.717) is 0 Å². The Morgan fingerprint density at radius 3 is 2.33 bits per heavy atom. The predicted molar refractivity (Wildman–Crippen MR) is 48.8 cm³/mol. The van der Waals surface area contributed by atoms with Crippen LogP contribution in [0.4, 0.5) is 0 Å². The van der Waals surface area contributed by atoms with Gasteiger partial charge in [0, 0.05) is 0 Å². The van der Waals surface area contributed by atoms with Crippen LogP contribution in [0.15, 0.2) is 0 Å². The highest BCUT2D eigenvalue weighted by molar-refractivity contribution is 5.93. The molecule has 0 amide bonds. The van der Waals surface area contributed by atoms with E-state index in [9.17, 15) is 19.2 Å². The Balaban J connectivity index is 3.21. The smallest absolute Gasteiger partial charge is 0.368 e. The largest absolute Gasteiger partial charge is 0.478 e. The molecule has 0 spiro atoms. The van der Waals surface area contributed by atoms with Gasteiger partial charge in [-0.1, -0.05) is 0 Å². The quantitative estimate of drug-likeness (QED) is 0.376. The third-order valence-corrected chi connectivity index (χ3v) is 2.10. The van der Waals surface area contributed by atoms with Crippen LogP contribution in [0.1, 0.15) is 6.42 Å². The number of ether oxygens (including phenoxy) is 2. The molecule has 0 saturated carbocycles. The van der Waals surface area contributed by atoms with Crippen LogP contribution in [0.25, 0.3) is 0 Å². The molecule has 0 bridgehead atoms. The average Bonchev–Trinajstić information content (AvgIpc) is 2.22. The minimum Gasteiger partial charge on any atom is -0.478 e. The standard InChI is InChI=1S/C8H9NO9/c9-8(7(15)16)4(5(12)13)17-6(14)2(10)1-3(11)18-8/h2,4,10H,1,9H2,(H,12,13)(H,15,16).